The fourth-order valence-corrected chi connectivity index (χ4v) is 5.33. The van der Waals surface area contributed by atoms with E-state index in [2.05, 4.69) is 18.8 Å². The summed E-state index contributed by atoms with van der Waals surface area (Å²) in [7, 11) is 0. The third-order valence-corrected chi connectivity index (χ3v) is 7.22. The maximum atomic E-state index is 15.4. The van der Waals surface area contributed by atoms with Crippen molar-refractivity contribution in [3.8, 4) is 11.1 Å². The van der Waals surface area contributed by atoms with Gasteiger partial charge in [-0.25, -0.2) is 4.39 Å². The molecule has 0 aliphatic carbocycles. The minimum atomic E-state index is -1.29. The molecular weight excluding hydrogens is 439 g/mol. The summed E-state index contributed by atoms with van der Waals surface area (Å²) >= 11 is 0. The molecule has 0 spiro atoms. The van der Waals surface area contributed by atoms with E-state index >= 15 is 4.39 Å². The Bertz CT molecular complexity index is 1150. The van der Waals surface area contributed by atoms with E-state index in [4.69, 9.17) is 0 Å². The average Bonchev–Trinajstić information content (AvgIpc) is 2.89. The van der Waals surface area contributed by atoms with Crippen molar-refractivity contribution in [3.05, 3.63) is 96.4 Å². The maximum absolute atomic E-state index is 15.4. The molecule has 2 unspecified atom stereocenters. The van der Waals surface area contributed by atoms with Crippen LogP contribution in [0.15, 0.2) is 67.0 Å². The molecule has 1 radical (unpaired) electrons. The summed E-state index contributed by atoms with van der Waals surface area (Å²) in [6.07, 6.45) is 6.98. The molecule has 35 heavy (non-hydrogen) atoms. The van der Waals surface area contributed by atoms with Gasteiger partial charge in [0.15, 0.2) is 0 Å². The third kappa shape index (κ3) is 5.46. The maximum Gasteiger partial charge on any atom is 0.227 e. The second-order valence-electron chi connectivity index (χ2n) is 9.46. The Balaban J connectivity index is 1.68. The number of aryl methyl sites for hydroxylation is 1. The van der Waals surface area contributed by atoms with Gasteiger partial charge in [0.1, 0.15) is 5.82 Å². The normalized spacial score (nSPS) is 17.7. The van der Waals surface area contributed by atoms with Crippen LogP contribution in [0.5, 0.6) is 0 Å². The standard InChI is InChI=1S/C30H34FN2O2/c1-3-15-30(35,25-10-7-18-33(21-25)28(34)20-23-13-16-32-17-14-23)26-11-6-12-27(31)29(26)24-9-5-8-22(4-2)19-24/h5-6,8-9,11-14,16-17,19,25,35H,1,3-4,7,10,15,18,20-21H2,2H3. The number of likely N-dealkylation sites (tertiary alicyclic amines) is 1. The van der Waals surface area contributed by atoms with Crippen LogP contribution in [0, 0.1) is 18.7 Å². The molecule has 183 valence electrons. The average molecular weight is 474 g/mol. The molecule has 4 nitrogen and oxygen atoms in total. The van der Waals surface area contributed by atoms with Gasteiger partial charge < -0.3 is 10.0 Å². The molecule has 1 amide bonds. The van der Waals surface area contributed by atoms with Crippen LogP contribution >= 0.6 is 0 Å². The number of carbonyl (C=O) groups is 1. The number of benzene rings is 2. The second-order valence-corrected chi connectivity index (χ2v) is 9.46. The molecule has 1 fully saturated rings. The minimum Gasteiger partial charge on any atom is -0.385 e. The quantitative estimate of drug-likeness (QED) is 0.454. The number of amides is 1. The number of aliphatic hydroxyl groups is 1. The highest BCUT2D eigenvalue weighted by Gasteiger charge is 2.42. The van der Waals surface area contributed by atoms with Crippen LogP contribution in [0.2, 0.25) is 0 Å². The van der Waals surface area contributed by atoms with Crippen LogP contribution < -0.4 is 0 Å². The molecule has 1 aliphatic rings. The van der Waals surface area contributed by atoms with Crippen LogP contribution in [-0.4, -0.2) is 34.0 Å². The first-order chi connectivity index (χ1) is 17.0. The Morgan fingerprint density at radius 1 is 1.17 bits per heavy atom. The molecule has 2 heterocycles. The number of hydrogen-bond donors (Lipinski definition) is 1. The lowest BCUT2D eigenvalue weighted by Gasteiger charge is -2.43. The molecule has 1 aromatic heterocycles. The van der Waals surface area contributed by atoms with Gasteiger partial charge in [-0.05, 0) is 66.1 Å². The van der Waals surface area contributed by atoms with Crippen LogP contribution in [0.1, 0.15) is 49.3 Å². The molecular formula is C30H34FN2O2. The molecule has 1 saturated heterocycles. The molecule has 4 rings (SSSR count). The zero-order valence-corrected chi connectivity index (χ0v) is 20.4. The van der Waals surface area contributed by atoms with Crippen molar-refractivity contribution in [2.75, 3.05) is 13.1 Å². The van der Waals surface area contributed by atoms with E-state index in [0.29, 0.717) is 43.5 Å². The summed E-state index contributed by atoms with van der Waals surface area (Å²) in [5.74, 6) is -0.526. The van der Waals surface area contributed by atoms with E-state index < -0.39 is 5.60 Å². The Morgan fingerprint density at radius 2 is 1.94 bits per heavy atom. The highest BCUT2D eigenvalue weighted by molar-refractivity contribution is 5.79. The first-order valence-electron chi connectivity index (χ1n) is 12.5. The number of halogens is 1. The van der Waals surface area contributed by atoms with E-state index in [-0.39, 0.29) is 17.6 Å². The number of nitrogens with zero attached hydrogens (tertiary/aromatic N) is 2. The summed E-state index contributed by atoms with van der Waals surface area (Å²) in [4.78, 5) is 19.0. The highest BCUT2D eigenvalue weighted by atomic mass is 19.1. The molecule has 1 aliphatic heterocycles. The van der Waals surface area contributed by atoms with Crippen molar-refractivity contribution in [2.24, 2.45) is 5.92 Å². The van der Waals surface area contributed by atoms with Gasteiger partial charge in [-0.3, -0.25) is 9.78 Å². The Morgan fingerprint density at radius 3 is 2.69 bits per heavy atom. The van der Waals surface area contributed by atoms with E-state index in [9.17, 15) is 9.90 Å². The Kier molecular flexibility index (Phi) is 7.97. The summed E-state index contributed by atoms with van der Waals surface area (Å²) in [6.45, 7) is 7.18. The van der Waals surface area contributed by atoms with Crippen molar-refractivity contribution in [1.82, 2.24) is 9.88 Å². The molecule has 2 aromatic carbocycles. The molecule has 0 bridgehead atoms. The lowest BCUT2D eigenvalue weighted by atomic mass is 9.72. The second kappa shape index (κ2) is 11.1. The third-order valence-electron chi connectivity index (χ3n) is 7.22. The van der Waals surface area contributed by atoms with Gasteiger partial charge in [0.25, 0.3) is 0 Å². The summed E-state index contributed by atoms with van der Waals surface area (Å²) in [5, 5.41) is 12.2. The number of hydrogen-bond acceptors (Lipinski definition) is 3. The fraction of sp³-hybridized carbons (Fsp3) is 0.367. The van der Waals surface area contributed by atoms with Gasteiger partial charge in [0.05, 0.1) is 12.0 Å². The molecule has 5 heteroatoms. The summed E-state index contributed by atoms with van der Waals surface area (Å²) in [6, 6.07) is 16.5. The zero-order chi connectivity index (χ0) is 24.8. The van der Waals surface area contributed by atoms with Crippen molar-refractivity contribution in [3.63, 3.8) is 0 Å². The predicted octanol–water partition coefficient (Wildman–Crippen LogP) is 5.73. The number of piperidine rings is 1. The fourth-order valence-electron chi connectivity index (χ4n) is 5.33. The van der Waals surface area contributed by atoms with Gasteiger partial charge in [-0.1, -0.05) is 56.7 Å². The minimum absolute atomic E-state index is 0.0352. The first-order valence-corrected chi connectivity index (χ1v) is 12.5. The lowest BCUT2D eigenvalue weighted by molar-refractivity contribution is -0.136. The van der Waals surface area contributed by atoms with E-state index in [1.54, 1.807) is 18.5 Å². The SMILES string of the molecule is [CH2]CCC(O)(c1cccc(F)c1-c1cccc(CC)c1)C1CCCN(C(=O)Cc2ccncc2)C1. The number of rotatable bonds is 8. The van der Waals surface area contributed by atoms with Gasteiger partial charge in [0.2, 0.25) is 5.91 Å². The summed E-state index contributed by atoms with van der Waals surface area (Å²) in [5.41, 5.74) is 2.53. The van der Waals surface area contributed by atoms with Crippen LogP contribution in [-0.2, 0) is 23.2 Å². The van der Waals surface area contributed by atoms with Crippen molar-refractivity contribution in [1.29, 1.82) is 0 Å². The monoisotopic (exact) mass is 473 g/mol. The predicted molar refractivity (Wildman–Crippen MR) is 137 cm³/mol. The van der Waals surface area contributed by atoms with Gasteiger partial charge >= 0.3 is 0 Å². The Hall–Kier alpha value is -3.05. The number of carbonyl (C=O) groups excluding carboxylic acids is 1. The van der Waals surface area contributed by atoms with Gasteiger partial charge in [-0.15, -0.1) is 0 Å². The summed E-state index contributed by atoms with van der Waals surface area (Å²) < 4.78 is 15.4. The van der Waals surface area contributed by atoms with Crippen molar-refractivity contribution >= 4 is 5.91 Å². The molecule has 0 saturated carbocycles. The Labute approximate surface area is 207 Å². The number of aromatic nitrogens is 1. The molecule has 3 aromatic rings. The smallest absolute Gasteiger partial charge is 0.227 e. The van der Waals surface area contributed by atoms with Crippen LogP contribution in [0.4, 0.5) is 4.39 Å². The van der Waals surface area contributed by atoms with Crippen LogP contribution in [0.25, 0.3) is 11.1 Å². The molecule has 1 N–H and O–H groups in total. The first kappa shape index (κ1) is 25.1. The lowest BCUT2D eigenvalue weighted by Crippen LogP contribution is -2.48. The zero-order valence-electron chi connectivity index (χ0n) is 20.4. The topological polar surface area (TPSA) is 53.4 Å². The largest absolute Gasteiger partial charge is 0.385 e. The van der Waals surface area contributed by atoms with Crippen LogP contribution in [0.3, 0.4) is 0 Å². The molecule has 2 atom stereocenters. The van der Waals surface area contributed by atoms with Crippen molar-refractivity contribution in [2.45, 2.75) is 51.0 Å². The van der Waals surface area contributed by atoms with E-state index in [1.807, 2.05) is 47.4 Å². The van der Waals surface area contributed by atoms with E-state index in [1.165, 1.54) is 6.07 Å². The number of pyridine rings is 1. The van der Waals surface area contributed by atoms with Gasteiger partial charge in [-0.2, -0.15) is 0 Å². The highest BCUT2D eigenvalue weighted by Crippen LogP contribution is 2.44. The van der Waals surface area contributed by atoms with Gasteiger partial charge in [0, 0.05) is 37.0 Å². The van der Waals surface area contributed by atoms with E-state index in [0.717, 1.165) is 36.0 Å². The van der Waals surface area contributed by atoms with Crippen molar-refractivity contribution < 1.29 is 14.3 Å².